The Morgan fingerprint density at radius 2 is 0.636 bits per heavy atom. The van der Waals surface area contributed by atoms with Crippen molar-refractivity contribution in [1.29, 1.82) is 0 Å². The minimum Gasteiger partial charge on any atom is -0.258 e. The van der Waals surface area contributed by atoms with Crippen LogP contribution in [0.25, 0.3) is 0 Å². The molecule has 4 rings (SSSR count). The Morgan fingerprint density at radius 3 is 0.841 bits per heavy atom. The summed E-state index contributed by atoms with van der Waals surface area (Å²) in [7, 11) is 0. The van der Waals surface area contributed by atoms with Crippen molar-refractivity contribution in [2.75, 3.05) is 10.0 Å². The van der Waals surface area contributed by atoms with Crippen molar-refractivity contribution in [2.24, 2.45) is 0 Å². The highest BCUT2D eigenvalue weighted by molar-refractivity contribution is 5.92. The van der Waals surface area contributed by atoms with Gasteiger partial charge in [-0.25, -0.2) is 10.0 Å². The van der Waals surface area contributed by atoms with E-state index in [1.54, 1.807) is 0 Å². The summed E-state index contributed by atoms with van der Waals surface area (Å²) < 4.78 is 0. The minimum absolute atomic E-state index is 0.196. The van der Waals surface area contributed by atoms with Gasteiger partial charge in [0.15, 0.2) is 0 Å². The highest BCUT2D eigenvalue weighted by atomic mass is 16.6. The van der Waals surface area contributed by atoms with Crippen molar-refractivity contribution in [1.82, 2.24) is 0 Å². The Hall–Kier alpha value is -7.12. The van der Waals surface area contributed by atoms with E-state index >= 15 is 0 Å². The number of non-ortho nitro benzene ring substituents is 2. The number of nitro benzene ring substituents is 6. The zero-order valence-electron chi connectivity index (χ0n) is 21.6. The van der Waals surface area contributed by atoms with E-state index in [0.717, 1.165) is 0 Å². The third-order valence-electron chi connectivity index (χ3n) is 5.94. The van der Waals surface area contributed by atoms with Gasteiger partial charge < -0.3 is 0 Å². The van der Waals surface area contributed by atoms with Crippen LogP contribution in [0.5, 0.6) is 0 Å². The van der Waals surface area contributed by atoms with E-state index in [0.29, 0.717) is 34.3 Å². The molecule has 0 bridgehead atoms. The number of benzene rings is 4. The lowest BCUT2D eigenvalue weighted by atomic mass is 10.1. The monoisotopic (exact) mass is 606 g/mol. The average molecular weight is 606 g/mol. The number of para-hydroxylation sites is 2. The molecule has 222 valence electrons. The smallest absolute Gasteiger partial charge is 0.258 e. The molecule has 0 fully saturated rings. The summed E-state index contributed by atoms with van der Waals surface area (Å²) in [5.74, 6) is 0. The molecule has 0 N–H and O–H groups in total. The number of anilines is 4. The molecule has 0 radical (unpaired) electrons. The van der Waals surface area contributed by atoms with Gasteiger partial charge in [0.1, 0.15) is 0 Å². The molecule has 0 aliphatic heterocycles. The molecule has 0 amide bonds. The largest absolute Gasteiger partial charge is 0.308 e. The van der Waals surface area contributed by atoms with Gasteiger partial charge in [0, 0.05) is 0 Å². The zero-order chi connectivity index (χ0) is 32.3. The lowest BCUT2D eigenvalue weighted by Crippen LogP contribution is -2.37. The molecule has 20 heteroatoms. The van der Waals surface area contributed by atoms with E-state index in [4.69, 9.17) is 0 Å². The second-order valence-electron chi connectivity index (χ2n) is 8.50. The van der Waals surface area contributed by atoms with Gasteiger partial charge in [0.2, 0.25) is 11.4 Å². The molecule has 0 saturated carbocycles. The SMILES string of the molecule is O=[N+]([O-])c1cc([N+](=O)[O-])c(N(c2ccccc2)N(c2ccccc2)c2c([N+](=O)[O-])cc([N+](=O)[O-])cc2[N+](=O)[O-])c([N+](=O)[O-])c1. The zero-order valence-corrected chi connectivity index (χ0v) is 21.6. The number of nitrogens with zero attached hydrogens (tertiary/aromatic N) is 8. The van der Waals surface area contributed by atoms with Gasteiger partial charge >= 0.3 is 22.7 Å². The normalized spacial score (nSPS) is 10.5. The fourth-order valence-electron chi connectivity index (χ4n) is 4.21. The first kappa shape index (κ1) is 29.9. The number of hydrazine groups is 1. The molecule has 44 heavy (non-hydrogen) atoms. The van der Waals surface area contributed by atoms with Crippen LogP contribution in [0.15, 0.2) is 84.9 Å². The quantitative estimate of drug-likeness (QED) is 0.139. The van der Waals surface area contributed by atoms with Gasteiger partial charge in [-0.2, -0.15) is 0 Å². The van der Waals surface area contributed by atoms with Crippen LogP contribution in [0.2, 0.25) is 0 Å². The summed E-state index contributed by atoms with van der Waals surface area (Å²) in [5.41, 5.74) is -9.32. The van der Waals surface area contributed by atoms with Crippen LogP contribution in [0.1, 0.15) is 0 Å². The van der Waals surface area contributed by atoms with Crippen LogP contribution in [-0.2, 0) is 0 Å². The first-order chi connectivity index (χ1) is 20.8. The molecule has 4 aromatic rings. The topological polar surface area (TPSA) is 265 Å². The maximum atomic E-state index is 12.3. The average Bonchev–Trinajstić information content (AvgIpc) is 2.99. The van der Waals surface area contributed by atoms with E-state index in [-0.39, 0.29) is 11.4 Å². The molecular formula is C24H14N8O12. The second-order valence-corrected chi connectivity index (χ2v) is 8.50. The molecule has 0 spiro atoms. The highest BCUT2D eigenvalue weighted by Gasteiger charge is 2.43. The van der Waals surface area contributed by atoms with Crippen LogP contribution in [0, 0.1) is 60.7 Å². The van der Waals surface area contributed by atoms with E-state index in [1.807, 2.05) is 0 Å². The predicted molar refractivity (Wildman–Crippen MR) is 150 cm³/mol. The molecule has 0 aromatic heterocycles. The van der Waals surface area contributed by atoms with Crippen molar-refractivity contribution in [3.05, 3.63) is 146 Å². The maximum Gasteiger partial charge on any atom is 0.308 e. The molecule has 0 aliphatic rings. The predicted octanol–water partition coefficient (Wildman–Crippen LogP) is 6.03. The van der Waals surface area contributed by atoms with Crippen molar-refractivity contribution >= 4 is 56.9 Å². The highest BCUT2D eigenvalue weighted by Crippen LogP contribution is 2.51. The molecule has 0 aliphatic carbocycles. The summed E-state index contributed by atoms with van der Waals surface area (Å²) in [4.78, 5) is 65.3. The number of nitro groups is 6. The van der Waals surface area contributed by atoms with Gasteiger partial charge in [0.05, 0.1) is 65.2 Å². The Morgan fingerprint density at radius 1 is 0.386 bits per heavy atom. The molecule has 0 heterocycles. The standard InChI is InChI=1S/C24H14N8O12/c33-27(34)17-11-19(29(37)38)23(20(12-17)30(39)40)25(15-7-3-1-4-8-15)26(16-9-5-2-6-10-16)24-21(31(41)42)13-18(28(35)36)14-22(24)32(43)44/h1-14H. The minimum atomic E-state index is -1.22. The number of rotatable bonds is 11. The summed E-state index contributed by atoms with van der Waals surface area (Å²) >= 11 is 0. The molecule has 20 nitrogen and oxygen atoms in total. The fourth-order valence-corrected chi connectivity index (χ4v) is 4.21. The third kappa shape index (κ3) is 5.56. The van der Waals surface area contributed by atoms with E-state index in [9.17, 15) is 60.7 Å². The first-order valence-electron chi connectivity index (χ1n) is 11.8. The van der Waals surface area contributed by atoms with Crippen LogP contribution >= 0.6 is 0 Å². The summed E-state index contributed by atoms with van der Waals surface area (Å²) in [6, 6.07) is 15.1. The molecule has 0 saturated heterocycles. The number of hydrogen-bond acceptors (Lipinski definition) is 14. The van der Waals surface area contributed by atoms with Gasteiger partial charge in [-0.1, -0.05) is 36.4 Å². The Labute approximate surface area is 242 Å². The Balaban J connectivity index is 2.30. The van der Waals surface area contributed by atoms with Crippen LogP contribution in [0.3, 0.4) is 0 Å². The Bertz CT molecular complexity index is 1650. The summed E-state index contributed by atoms with van der Waals surface area (Å²) in [6.07, 6.45) is 0. The lowest BCUT2D eigenvalue weighted by Gasteiger charge is -2.36. The van der Waals surface area contributed by atoms with Crippen molar-refractivity contribution < 1.29 is 29.5 Å². The third-order valence-corrected chi connectivity index (χ3v) is 5.94. The maximum absolute atomic E-state index is 12.3. The van der Waals surface area contributed by atoms with E-state index < -0.39 is 75.0 Å². The van der Waals surface area contributed by atoms with Gasteiger partial charge in [-0.3, -0.25) is 60.7 Å². The van der Waals surface area contributed by atoms with Gasteiger partial charge in [0.25, 0.3) is 11.4 Å². The fraction of sp³-hybridized carbons (Fsp3) is 0. The van der Waals surface area contributed by atoms with Crippen molar-refractivity contribution in [3.8, 4) is 0 Å². The molecular weight excluding hydrogens is 592 g/mol. The van der Waals surface area contributed by atoms with Crippen LogP contribution in [0.4, 0.5) is 56.9 Å². The molecule has 0 unspecified atom stereocenters. The summed E-state index contributed by atoms with van der Waals surface area (Å²) in [5, 5.41) is 73.6. The van der Waals surface area contributed by atoms with E-state index in [2.05, 4.69) is 0 Å². The van der Waals surface area contributed by atoms with Crippen LogP contribution in [-0.4, -0.2) is 29.5 Å². The van der Waals surface area contributed by atoms with Crippen LogP contribution < -0.4 is 10.0 Å². The lowest BCUT2D eigenvalue weighted by molar-refractivity contribution is -0.402. The van der Waals surface area contributed by atoms with Gasteiger partial charge in [-0.05, 0) is 24.3 Å². The second kappa shape index (κ2) is 11.8. The molecule has 0 atom stereocenters. The summed E-state index contributed by atoms with van der Waals surface area (Å²) in [6.45, 7) is 0. The Kier molecular flexibility index (Phi) is 7.99. The van der Waals surface area contributed by atoms with Crippen molar-refractivity contribution in [3.63, 3.8) is 0 Å². The van der Waals surface area contributed by atoms with E-state index in [1.165, 1.54) is 60.7 Å². The molecule has 4 aromatic carbocycles. The van der Waals surface area contributed by atoms with Crippen molar-refractivity contribution in [2.45, 2.75) is 0 Å². The van der Waals surface area contributed by atoms with Gasteiger partial charge in [-0.15, -0.1) is 0 Å². The number of hydrogen-bond donors (Lipinski definition) is 0. The first-order valence-corrected chi connectivity index (χ1v) is 11.8.